The molecule has 1 atom stereocenters. The van der Waals surface area contributed by atoms with Gasteiger partial charge in [0.1, 0.15) is 0 Å². The molecule has 1 N–H and O–H groups in total. The summed E-state index contributed by atoms with van der Waals surface area (Å²) in [5.74, 6) is 0. The van der Waals surface area contributed by atoms with Crippen LogP contribution in [0.3, 0.4) is 0 Å². The zero-order chi connectivity index (χ0) is 14.8. The van der Waals surface area contributed by atoms with Crippen molar-refractivity contribution in [2.45, 2.75) is 25.3 Å². The molecular formula is C20H20N2. The number of hydrogen-bond acceptors (Lipinski definition) is 2. The fourth-order valence-electron chi connectivity index (χ4n) is 3.36. The fourth-order valence-corrected chi connectivity index (χ4v) is 3.36. The third kappa shape index (κ3) is 2.51. The molecule has 2 heteroatoms. The maximum absolute atomic E-state index is 4.87. The van der Waals surface area contributed by atoms with Gasteiger partial charge in [0.2, 0.25) is 0 Å². The largest absolute Gasteiger partial charge is 0.310 e. The lowest BCUT2D eigenvalue weighted by molar-refractivity contribution is 0.414. The van der Waals surface area contributed by atoms with Crippen molar-refractivity contribution in [3.8, 4) is 11.3 Å². The number of fused-ring (bicyclic) bond motifs is 1. The Morgan fingerprint density at radius 3 is 2.55 bits per heavy atom. The Hall–Kier alpha value is -2.19. The van der Waals surface area contributed by atoms with E-state index in [-0.39, 0.29) is 0 Å². The molecule has 2 heterocycles. The van der Waals surface area contributed by atoms with Crippen LogP contribution in [0, 0.1) is 0 Å². The SMILES string of the molecule is c1ccc(-c2cc([C@H]3CCCCN3)c3ccccc3n2)cc1. The highest BCUT2D eigenvalue weighted by Gasteiger charge is 2.18. The van der Waals surface area contributed by atoms with Gasteiger partial charge >= 0.3 is 0 Å². The molecule has 0 spiro atoms. The minimum atomic E-state index is 0.448. The number of para-hydroxylation sites is 1. The predicted octanol–water partition coefficient (Wildman–Crippen LogP) is 4.72. The fraction of sp³-hybridized carbons (Fsp3) is 0.250. The van der Waals surface area contributed by atoms with Gasteiger partial charge < -0.3 is 5.32 Å². The minimum absolute atomic E-state index is 0.448. The van der Waals surface area contributed by atoms with E-state index in [1.165, 1.54) is 35.8 Å². The average molecular weight is 288 g/mol. The Morgan fingerprint density at radius 2 is 1.73 bits per heavy atom. The number of rotatable bonds is 2. The highest BCUT2D eigenvalue weighted by Crippen LogP contribution is 2.32. The van der Waals surface area contributed by atoms with Crippen molar-refractivity contribution in [3.05, 3.63) is 66.2 Å². The Kier molecular flexibility index (Phi) is 3.61. The topological polar surface area (TPSA) is 24.9 Å². The van der Waals surface area contributed by atoms with Crippen molar-refractivity contribution in [2.75, 3.05) is 6.54 Å². The molecule has 1 saturated heterocycles. The van der Waals surface area contributed by atoms with Gasteiger partial charge in [-0.05, 0) is 37.1 Å². The summed E-state index contributed by atoms with van der Waals surface area (Å²) in [6.07, 6.45) is 3.79. The van der Waals surface area contributed by atoms with Crippen molar-refractivity contribution in [2.24, 2.45) is 0 Å². The molecule has 110 valence electrons. The Bertz CT molecular complexity index is 774. The van der Waals surface area contributed by atoms with Crippen molar-refractivity contribution in [1.82, 2.24) is 10.3 Å². The van der Waals surface area contributed by atoms with Crippen LogP contribution in [-0.2, 0) is 0 Å². The van der Waals surface area contributed by atoms with Crippen LogP contribution in [0.25, 0.3) is 22.2 Å². The van der Waals surface area contributed by atoms with Crippen molar-refractivity contribution < 1.29 is 0 Å². The van der Waals surface area contributed by atoms with Gasteiger partial charge in [-0.25, -0.2) is 4.98 Å². The van der Waals surface area contributed by atoms with Crippen LogP contribution in [0.2, 0.25) is 0 Å². The quantitative estimate of drug-likeness (QED) is 0.738. The van der Waals surface area contributed by atoms with Gasteiger partial charge in [0.25, 0.3) is 0 Å². The smallest absolute Gasteiger partial charge is 0.0713 e. The highest BCUT2D eigenvalue weighted by molar-refractivity contribution is 5.85. The summed E-state index contributed by atoms with van der Waals surface area (Å²) in [6, 6.07) is 21.7. The van der Waals surface area contributed by atoms with E-state index in [1.54, 1.807) is 0 Å². The number of aromatic nitrogens is 1. The predicted molar refractivity (Wildman–Crippen MR) is 91.8 cm³/mol. The summed E-state index contributed by atoms with van der Waals surface area (Å²) in [5, 5.41) is 4.96. The molecule has 0 saturated carbocycles. The summed E-state index contributed by atoms with van der Waals surface area (Å²) in [4.78, 5) is 4.87. The molecule has 1 aliphatic heterocycles. The molecule has 3 aromatic rings. The molecule has 2 nitrogen and oxygen atoms in total. The third-order valence-corrected chi connectivity index (χ3v) is 4.50. The minimum Gasteiger partial charge on any atom is -0.310 e. The van der Waals surface area contributed by atoms with Gasteiger partial charge in [-0.3, -0.25) is 0 Å². The van der Waals surface area contributed by atoms with E-state index in [0.29, 0.717) is 6.04 Å². The molecule has 0 bridgehead atoms. The van der Waals surface area contributed by atoms with E-state index in [4.69, 9.17) is 4.98 Å². The number of piperidine rings is 1. The molecule has 22 heavy (non-hydrogen) atoms. The molecule has 0 unspecified atom stereocenters. The molecule has 1 fully saturated rings. The number of benzene rings is 2. The van der Waals surface area contributed by atoms with E-state index in [2.05, 4.69) is 59.9 Å². The first-order chi connectivity index (χ1) is 10.9. The molecule has 1 aromatic heterocycles. The molecule has 1 aliphatic rings. The molecule has 2 aromatic carbocycles. The Balaban J connectivity index is 1.89. The lowest BCUT2D eigenvalue weighted by Crippen LogP contribution is -2.27. The lowest BCUT2D eigenvalue weighted by atomic mass is 9.93. The van der Waals surface area contributed by atoms with Crippen LogP contribution in [-0.4, -0.2) is 11.5 Å². The maximum atomic E-state index is 4.87. The van der Waals surface area contributed by atoms with Gasteiger partial charge in [-0.2, -0.15) is 0 Å². The monoisotopic (exact) mass is 288 g/mol. The molecule has 0 amide bonds. The molecular weight excluding hydrogens is 268 g/mol. The molecule has 4 rings (SSSR count). The van der Waals surface area contributed by atoms with Crippen LogP contribution in [0.15, 0.2) is 60.7 Å². The third-order valence-electron chi connectivity index (χ3n) is 4.50. The summed E-state index contributed by atoms with van der Waals surface area (Å²) in [7, 11) is 0. The first-order valence-electron chi connectivity index (χ1n) is 8.10. The van der Waals surface area contributed by atoms with E-state index >= 15 is 0 Å². The average Bonchev–Trinajstić information content (AvgIpc) is 2.62. The van der Waals surface area contributed by atoms with E-state index < -0.39 is 0 Å². The summed E-state index contributed by atoms with van der Waals surface area (Å²) >= 11 is 0. The van der Waals surface area contributed by atoms with Gasteiger partial charge in [-0.15, -0.1) is 0 Å². The summed E-state index contributed by atoms with van der Waals surface area (Å²) in [5.41, 5.74) is 4.74. The Labute approximate surface area is 131 Å². The number of hydrogen-bond donors (Lipinski definition) is 1. The lowest BCUT2D eigenvalue weighted by Gasteiger charge is -2.25. The van der Waals surface area contributed by atoms with E-state index in [9.17, 15) is 0 Å². The second-order valence-corrected chi connectivity index (χ2v) is 5.98. The maximum Gasteiger partial charge on any atom is 0.0713 e. The van der Waals surface area contributed by atoms with E-state index in [0.717, 1.165) is 17.8 Å². The van der Waals surface area contributed by atoms with Crippen LogP contribution < -0.4 is 5.32 Å². The second-order valence-electron chi connectivity index (χ2n) is 5.98. The van der Waals surface area contributed by atoms with Crippen molar-refractivity contribution >= 4 is 10.9 Å². The zero-order valence-electron chi connectivity index (χ0n) is 12.6. The standard InChI is InChI=1S/C20H20N2/c1-2-8-15(9-3-1)20-14-17(18-11-6-7-13-21-18)16-10-4-5-12-19(16)22-20/h1-5,8-10,12,14,18,21H,6-7,11,13H2/t18-/m1/s1. The zero-order valence-corrected chi connectivity index (χ0v) is 12.6. The first kappa shape index (κ1) is 13.5. The molecule has 0 aliphatic carbocycles. The summed E-state index contributed by atoms with van der Waals surface area (Å²) < 4.78 is 0. The van der Waals surface area contributed by atoms with Crippen LogP contribution in [0.1, 0.15) is 30.9 Å². The number of nitrogens with one attached hydrogen (secondary N) is 1. The van der Waals surface area contributed by atoms with Crippen molar-refractivity contribution in [3.63, 3.8) is 0 Å². The van der Waals surface area contributed by atoms with Crippen LogP contribution >= 0.6 is 0 Å². The number of nitrogens with zero attached hydrogens (tertiary/aromatic N) is 1. The second kappa shape index (κ2) is 5.90. The van der Waals surface area contributed by atoms with Crippen LogP contribution in [0.5, 0.6) is 0 Å². The van der Waals surface area contributed by atoms with Gasteiger partial charge in [-0.1, -0.05) is 55.0 Å². The highest BCUT2D eigenvalue weighted by atomic mass is 14.9. The number of pyridine rings is 1. The van der Waals surface area contributed by atoms with Crippen molar-refractivity contribution in [1.29, 1.82) is 0 Å². The Morgan fingerprint density at radius 1 is 0.909 bits per heavy atom. The van der Waals surface area contributed by atoms with Gasteiger partial charge in [0.05, 0.1) is 11.2 Å². The van der Waals surface area contributed by atoms with E-state index in [1.807, 2.05) is 6.07 Å². The molecule has 0 radical (unpaired) electrons. The normalized spacial score (nSPS) is 18.5. The first-order valence-corrected chi connectivity index (χ1v) is 8.10. The van der Waals surface area contributed by atoms with Gasteiger partial charge in [0.15, 0.2) is 0 Å². The van der Waals surface area contributed by atoms with Crippen LogP contribution in [0.4, 0.5) is 0 Å². The van der Waals surface area contributed by atoms with Gasteiger partial charge in [0, 0.05) is 17.0 Å². The summed E-state index contributed by atoms with van der Waals surface area (Å²) in [6.45, 7) is 1.11.